The van der Waals surface area contributed by atoms with Crippen molar-refractivity contribution in [2.45, 2.75) is 170 Å². The van der Waals surface area contributed by atoms with Gasteiger partial charge in [0.15, 0.2) is 11.6 Å². The zero-order valence-corrected chi connectivity index (χ0v) is 45.5. The van der Waals surface area contributed by atoms with Crippen LogP contribution in [0.2, 0.25) is 0 Å². The minimum absolute atomic E-state index is 0. The van der Waals surface area contributed by atoms with Crippen LogP contribution in [0.5, 0.6) is 5.75 Å². The predicted molar refractivity (Wildman–Crippen MR) is 294 cm³/mol. The molecule has 412 valence electrons. The van der Waals surface area contributed by atoms with E-state index in [9.17, 15) is 24.0 Å². The highest BCUT2D eigenvalue weighted by Gasteiger charge is 2.12. The minimum atomic E-state index is -0.341. The number of carbonyl (C=O) groups is 2. The van der Waals surface area contributed by atoms with Crippen LogP contribution in [0, 0.1) is 24.7 Å². The maximum atomic E-state index is 11.1. The zero-order chi connectivity index (χ0) is 53.6. The maximum Gasteiger partial charge on any atom is 0.281 e. The smallest absolute Gasteiger partial charge is 0.281 e. The van der Waals surface area contributed by atoms with Crippen molar-refractivity contribution in [3.63, 3.8) is 0 Å². The Morgan fingerprint density at radius 2 is 1.29 bits per heavy atom. The third-order valence-electron chi connectivity index (χ3n) is 8.37. The van der Waals surface area contributed by atoms with Gasteiger partial charge in [0, 0.05) is 83.9 Å². The Labute approximate surface area is 436 Å². The first-order valence-electron chi connectivity index (χ1n) is 22.4. The van der Waals surface area contributed by atoms with Crippen LogP contribution in [0.4, 0.5) is 0 Å². The number of tetrazole rings is 1. The van der Waals surface area contributed by atoms with E-state index in [1.807, 2.05) is 96.1 Å². The highest BCUT2D eigenvalue weighted by Crippen LogP contribution is 2.15. The Morgan fingerprint density at radius 1 is 0.736 bits per heavy atom. The van der Waals surface area contributed by atoms with E-state index in [-0.39, 0.29) is 80.1 Å². The molecule has 6 heterocycles. The molecule has 5 aromatic heterocycles. The van der Waals surface area contributed by atoms with Gasteiger partial charge in [-0.3, -0.25) is 32.7 Å². The lowest BCUT2D eigenvalue weighted by molar-refractivity contribution is -0.124. The van der Waals surface area contributed by atoms with Crippen molar-refractivity contribution in [3.05, 3.63) is 101 Å². The van der Waals surface area contributed by atoms with E-state index in [0.29, 0.717) is 40.8 Å². The van der Waals surface area contributed by atoms with Gasteiger partial charge in [-0.2, -0.15) is 14.6 Å². The maximum absolute atomic E-state index is 11.1. The largest absolute Gasteiger partial charge is 0.502 e. The van der Waals surface area contributed by atoms with Crippen LogP contribution in [0.25, 0.3) is 0 Å². The summed E-state index contributed by atoms with van der Waals surface area (Å²) in [6.07, 6.45) is 2.40. The highest BCUT2D eigenvalue weighted by atomic mass is 32.1. The van der Waals surface area contributed by atoms with Gasteiger partial charge in [-0.15, -0.1) is 10.2 Å². The fourth-order valence-electron chi connectivity index (χ4n) is 4.17. The van der Waals surface area contributed by atoms with E-state index >= 15 is 0 Å². The number of aromatic amines is 3. The molecule has 1 aliphatic heterocycles. The van der Waals surface area contributed by atoms with E-state index in [1.54, 1.807) is 20.2 Å². The van der Waals surface area contributed by atoms with E-state index in [2.05, 4.69) is 94.3 Å². The molecular formula is C49H90N12O9S2. The molecule has 0 spiro atoms. The summed E-state index contributed by atoms with van der Waals surface area (Å²) in [5.41, 5.74) is 4.39. The number of hydroxylamine groups is 1. The lowest BCUT2D eigenvalue weighted by Gasteiger charge is -2.01. The van der Waals surface area contributed by atoms with Crippen LogP contribution in [0.3, 0.4) is 0 Å². The van der Waals surface area contributed by atoms with Gasteiger partial charge in [0.05, 0.1) is 12.0 Å². The molecule has 0 saturated carbocycles. The minimum Gasteiger partial charge on any atom is -0.502 e. The normalized spacial score (nSPS) is 10.7. The van der Waals surface area contributed by atoms with E-state index in [1.165, 1.54) is 17.8 Å². The number of nitrogens with one attached hydrogen (secondary N) is 6. The summed E-state index contributed by atoms with van der Waals surface area (Å²) in [6.45, 7) is 36.9. The number of aromatic nitrogens is 8. The summed E-state index contributed by atoms with van der Waals surface area (Å²) < 4.78 is 18.8. The quantitative estimate of drug-likeness (QED) is 0.0760. The first-order chi connectivity index (χ1) is 32.1. The van der Waals surface area contributed by atoms with Gasteiger partial charge >= 0.3 is 0 Å². The molecule has 0 radical (unpaired) electrons. The van der Waals surface area contributed by atoms with Crippen LogP contribution in [-0.2, 0) is 14.4 Å². The summed E-state index contributed by atoms with van der Waals surface area (Å²) in [7, 11) is 3.28. The topological polar surface area (TPSA) is 301 Å². The van der Waals surface area contributed by atoms with Crippen molar-refractivity contribution in [1.82, 2.24) is 55.0 Å². The standard InChI is InChI=1S/C8H10O3.C7H11NO.C6H10N2O.C6H9NOS.C5H8N2OS.2C5H11NO.C4H8N4.3CH4/c1-5(2)6-3-11-4-7(9)8(6)10;1-5(2)7-4-6(3)8-9-7;1-4(2)6-7-5(3)9-8-6;1-4(2)5-3-6(8)7-9-5;1-3(2)4-5(8)7-9-6-4;2*1-4(2)5(7)6-3;1-3(2)4-5-7-8-6-4;;;/h3-5,9H,1-2H3;4-5H,1-3H3;4H,3H2,1-2H3,(H,7,8);3-4H,1-2H3,(H,7,8);3H,1-2H3,(H,7,8);2*4H,1-3H3,(H,6,7);3H,1-2H3,(H,5,6,7,8);3*1H4. The second-order valence-corrected chi connectivity index (χ2v) is 18.8. The molecule has 6 rings (SSSR count). The summed E-state index contributed by atoms with van der Waals surface area (Å²) >= 11 is 2.53. The molecule has 0 aromatic carbocycles. The molecule has 7 N–H and O–H groups in total. The lowest BCUT2D eigenvalue weighted by atomic mass is 10.1. The number of aromatic hydroxyl groups is 1. The number of amides is 2. The molecule has 2 amide bonds. The number of H-pyrrole nitrogens is 3. The van der Waals surface area contributed by atoms with Crippen LogP contribution >= 0.6 is 23.3 Å². The summed E-state index contributed by atoms with van der Waals surface area (Å²) in [6, 6.07) is 3.61. The van der Waals surface area contributed by atoms with Gasteiger partial charge in [0.1, 0.15) is 23.6 Å². The number of rotatable bonds is 8. The fourth-order valence-corrected chi connectivity index (χ4v) is 5.47. The summed E-state index contributed by atoms with van der Waals surface area (Å²) in [5.74, 6) is 5.11. The number of amidine groups is 1. The third kappa shape index (κ3) is 32.6. The molecule has 0 aliphatic carbocycles. The average molecular weight is 1060 g/mol. The van der Waals surface area contributed by atoms with Crippen molar-refractivity contribution in [3.8, 4) is 5.75 Å². The van der Waals surface area contributed by atoms with Crippen molar-refractivity contribution in [1.29, 1.82) is 0 Å². The number of hydrogen-bond donors (Lipinski definition) is 7. The second kappa shape index (κ2) is 40.4. The SMILES string of the molecule is C.C.C.C=C1N=C(C(C)C)NO1.CC(C)c1cc(=O)[nH]s1.CC(C)c1cocc(O)c1=O.CC(C)c1nn[nH]n1.CC(C)c1ns[nH]c1=O.CNC(=O)C(C)C.CNC(=O)C(C)C.Cc1cc(C(C)C)on1. The number of nitrogens with zero attached hydrogens (tertiary/aromatic N) is 6. The number of aliphatic imine (C=N–C) groups is 1. The number of hydrogen-bond acceptors (Lipinski definition) is 18. The molecule has 72 heavy (non-hydrogen) atoms. The van der Waals surface area contributed by atoms with Crippen LogP contribution in [-0.4, -0.2) is 75.8 Å². The van der Waals surface area contributed by atoms with E-state index in [0.717, 1.165) is 46.0 Å². The molecule has 0 atom stereocenters. The van der Waals surface area contributed by atoms with Gasteiger partial charge in [-0.25, -0.2) is 5.48 Å². The van der Waals surface area contributed by atoms with Crippen LogP contribution in [0.15, 0.2) is 65.4 Å². The van der Waals surface area contributed by atoms with Gasteiger partial charge < -0.3 is 29.5 Å². The second-order valence-electron chi connectivity index (χ2n) is 17.4. The zero-order valence-electron chi connectivity index (χ0n) is 43.8. The Balaban J connectivity index is -0.000000237. The highest BCUT2D eigenvalue weighted by molar-refractivity contribution is 7.05. The van der Waals surface area contributed by atoms with E-state index < -0.39 is 0 Å². The molecule has 1 aliphatic rings. The molecule has 0 fully saturated rings. The Morgan fingerprint density at radius 3 is 1.50 bits per heavy atom. The number of carbonyl (C=O) groups excluding carboxylic acids is 2. The van der Waals surface area contributed by atoms with Gasteiger partial charge in [0.25, 0.3) is 11.1 Å². The van der Waals surface area contributed by atoms with Crippen LogP contribution in [0.1, 0.15) is 196 Å². The molecule has 21 nitrogen and oxygen atoms in total. The monoisotopic (exact) mass is 1050 g/mol. The average Bonchev–Trinajstić information content (AvgIpc) is 4.15. The molecular weight excluding hydrogens is 965 g/mol. The number of aryl methyl sites for hydroxylation is 1. The Hall–Kier alpha value is -6.23. The summed E-state index contributed by atoms with van der Waals surface area (Å²) in [5, 5.41) is 31.1. The molecule has 0 saturated heterocycles. The first kappa shape index (κ1) is 74.7. The predicted octanol–water partition coefficient (Wildman–Crippen LogP) is 10.1. The van der Waals surface area contributed by atoms with Crippen molar-refractivity contribution in [2.24, 2.45) is 22.7 Å². The Bertz CT molecular complexity index is 2350. The fraction of sp³-hybridized carbons (Fsp3) is 0.612. The van der Waals surface area contributed by atoms with E-state index in [4.69, 9.17) is 18.9 Å². The summed E-state index contributed by atoms with van der Waals surface area (Å²) in [4.78, 5) is 63.1. The van der Waals surface area contributed by atoms with Gasteiger partial charge in [0.2, 0.25) is 23.1 Å². The molecule has 23 heteroatoms. The van der Waals surface area contributed by atoms with Crippen LogP contribution < -0.4 is 32.7 Å². The van der Waals surface area contributed by atoms with Gasteiger partial charge in [-0.1, -0.05) is 155 Å². The first-order valence-corrected chi connectivity index (χ1v) is 24.0. The van der Waals surface area contributed by atoms with Gasteiger partial charge in [-0.05, 0) is 25.3 Å². The van der Waals surface area contributed by atoms with Crippen molar-refractivity contribution >= 4 is 40.9 Å². The Kier molecular flexibility index (Phi) is 41.9. The van der Waals surface area contributed by atoms with Crippen molar-refractivity contribution < 1.29 is 28.5 Å². The molecule has 5 aromatic rings. The van der Waals surface area contributed by atoms with Crippen molar-refractivity contribution in [2.75, 3.05) is 14.1 Å². The molecule has 0 bridgehead atoms. The third-order valence-corrected chi connectivity index (χ3v) is 10.1. The molecule has 0 unspecified atom stereocenters. The lowest BCUT2D eigenvalue weighted by Crippen LogP contribution is -2.22.